The fraction of sp³-hybridized carbons (Fsp3) is 0.154. The molecular weight excluding hydrogens is 420 g/mol. The van der Waals surface area contributed by atoms with Crippen LogP contribution in [0.25, 0.3) is 5.70 Å². The third-order valence-corrected chi connectivity index (χ3v) is 5.12. The van der Waals surface area contributed by atoms with Crippen molar-refractivity contribution in [1.82, 2.24) is 10.6 Å². The lowest BCUT2D eigenvalue weighted by Gasteiger charge is -2.29. The van der Waals surface area contributed by atoms with Gasteiger partial charge in [-0.3, -0.25) is 0 Å². The Bertz CT molecular complexity index is 1170. The maximum atomic E-state index is 13.0. The van der Waals surface area contributed by atoms with E-state index in [1.165, 1.54) is 0 Å². The summed E-state index contributed by atoms with van der Waals surface area (Å²) in [6, 6.07) is 22.6. The molecule has 1 aliphatic rings. The van der Waals surface area contributed by atoms with Gasteiger partial charge in [0.15, 0.2) is 0 Å². The van der Waals surface area contributed by atoms with Crippen LogP contribution in [0.15, 0.2) is 84.4 Å². The van der Waals surface area contributed by atoms with E-state index >= 15 is 0 Å². The fourth-order valence-electron chi connectivity index (χ4n) is 3.61. The van der Waals surface area contributed by atoms with Gasteiger partial charge in [-0.2, -0.15) is 0 Å². The van der Waals surface area contributed by atoms with Crippen LogP contribution in [0.4, 0.5) is 4.79 Å². The Hall–Kier alpha value is -4.26. The SMILES string of the molecule is CCOC(=O)C1=C(c2ccc(OC)cc2)NC(=O)NC1c1cccc(Oc2ccccc2)c1. The van der Waals surface area contributed by atoms with E-state index in [4.69, 9.17) is 14.2 Å². The van der Waals surface area contributed by atoms with Crippen LogP contribution in [0.1, 0.15) is 24.1 Å². The van der Waals surface area contributed by atoms with Crippen LogP contribution in [0.3, 0.4) is 0 Å². The largest absolute Gasteiger partial charge is 0.497 e. The number of hydrogen-bond donors (Lipinski definition) is 2. The highest BCUT2D eigenvalue weighted by atomic mass is 16.5. The summed E-state index contributed by atoms with van der Waals surface area (Å²) >= 11 is 0. The molecule has 0 bridgehead atoms. The number of hydrogen-bond acceptors (Lipinski definition) is 5. The lowest BCUT2D eigenvalue weighted by molar-refractivity contribution is -0.138. The molecule has 3 aromatic carbocycles. The van der Waals surface area contributed by atoms with Crippen molar-refractivity contribution < 1.29 is 23.8 Å². The Morgan fingerprint density at radius 1 is 0.909 bits per heavy atom. The summed E-state index contributed by atoms with van der Waals surface area (Å²) in [6.45, 7) is 1.94. The second-order valence-electron chi connectivity index (χ2n) is 7.26. The first-order valence-corrected chi connectivity index (χ1v) is 10.5. The summed E-state index contributed by atoms with van der Waals surface area (Å²) in [5.41, 5.74) is 2.04. The maximum Gasteiger partial charge on any atom is 0.338 e. The minimum absolute atomic E-state index is 0.204. The van der Waals surface area contributed by atoms with Gasteiger partial charge in [0.25, 0.3) is 0 Å². The molecule has 1 heterocycles. The number of amides is 2. The molecule has 0 aromatic heterocycles. The third-order valence-electron chi connectivity index (χ3n) is 5.12. The van der Waals surface area contributed by atoms with Crippen molar-refractivity contribution in [3.05, 3.63) is 95.6 Å². The number of carbonyl (C=O) groups is 2. The molecule has 1 atom stereocenters. The number of benzene rings is 3. The molecule has 3 aromatic rings. The van der Waals surface area contributed by atoms with E-state index in [2.05, 4.69) is 10.6 Å². The van der Waals surface area contributed by atoms with Gasteiger partial charge in [-0.1, -0.05) is 30.3 Å². The van der Waals surface area contributed by atoms with E-state index < -0.39 is 18.0 Å². The van der Waals surface area contributed by atoms with Crippen molar-refractivity contribution >= 4 is 17.7 Å². The highest BCUT2D eigenvalue weighted by molar-refractivity contribution is 6.04. The van der Waals surface area contributed by atoms with Crippen LogP contribution >= 0.6 is 0 Å². The lowest BCUT2D eigenvalue weighted by Crippen LogP contribution is -2.45. The number of nitrogens with one attached hydrogen (secondary N) is 2. The molecule has 2 N–H and O–H groups in total. The van der Waals surface area contributed by atoms with Gasteiger partial charge in [-0.15, -0.1) is 0 Å². The van der Waals surface area contributed by atoms with Gasteiger partial charge < -0.3 is 24.8 Å². The molecule has 0 spiro atoms. The molecule has 168 valence electrons. The van der Waals surface area contributed by atoms with E-state index in [-0.39, 0.29) is 6.61 Å². The highest BCUT2D eigenvalue weighted by Gasteiger charge is 2.34. The van der Waals surface area contributed by atoms with E-state index in [1.54, 1.807) is 44.4 Å². The number of esters is 1. The zero-order valence-electron chi connectivity index (χ0n) is 18.3. The van der Waals surface area contributed by atoms with Crippen LogP contribution in [-0.2, 0) is 9.53 Å². The van der Waals surface area contributed by atoms with Gasteiger partial charge in [0.2, 0.25) is 0 Å². The summed E-state index contributed by atoms with van der Waals surface area (Å²) in [4.78, 5) is 25.6. The monoisotopic (exact) mass is 444 g/mol. The molecule has 7 heteroatoms. The van der Waals surface area contributed by atoms with Crippen LogP contribution in [0.5, 0.6) is 17.2 Å². The van der Waals surface area contributed by atoms with E-state index in [1.807, 2.05) is 48.5 Å². The number of para-hydroxylation sites is 1. The topological polar surface area (TPSA) is 85.9 Å². The Labute approximate surface area is 192 Å². The molecule has 33 heavy (non-hydrogen) atoms. The Kier molecular flexibility index (Phi) is 6.59. The van der Waals surface area contributed by atoms with Gasteiger partial charge in [-0.05, 0) is 66.6 Å². The molecule has 7 nitrogen and oxygen atoms in total. The molecule has 0 aliphatic carbocycles. The summed E-state index contributed by atoms with van der Waals surface area (Å²) in [5, 5.41) is 5.62. The first-order chi connectivity index (χ1) is 16.1. The number of methoxy groups -OCH3 is 1. The van der Waals surface area contributed by atoms with Gasteiger partial charge in [-0.25, -0.2) is 9.59 Å². The third kappa shape index (κ3) is 4.98. The standard InChI is InChI=1S/C26H24N2O5/c1-3-32-25(29)22-23(17-12-14-19(31-2)15-13-17)27-26(30)28-24(22)18-8-7-11-21(16-18)33-20-9-5-4-6-10-20/h4-16,24H,3H2,1-2H3,(H2,27,28,30). The number of carbonyl (C=O) groups excluding carboxylic acids is 2. The van der Waals surface area contributed by atoms with E-state index in [9.17, 15) is 9.59 Å². The first-order valence-electron chi connectivity index (χ1n) is 10.5. The normalized spacial score (nSPS) is 15.3. The van der Waals surface area contributed by atoms with Crippen LogP contribution in [0, 0.1) is 0 Å². The fourth-order valence-corrected chi connectivity index (χ4v) is 3.61. The second-order valence-corrected chi connectivity index (χ2v) is 7.26. The molecule has 1 unspecified atom stereocenters. The van der Waals surface area contributed by atoms with Crippen LogP contribution in [-0.4, -0.2) is 25.7 Å². The molecule has 0 radical (unpaired) electrons. The summed E-state index contributed by atoms with van der Waals surface area (Å²) in [6.07, 6.45) is 0. The van der Waals surface area contributed by atoms with Crippen molar-refractivity contribution in [2.75, 3.05) is 13.7 Å². The van der Waals surface area contributed by atoms with Crippen molar-refractivity contribution in [1.29, 1.82) is 0 Å². The van der Waals surface area contributed by atoms with Crippen molar-refractivity contribution in [3.63, 3.8) is 0 Å². The summed E-state index contributed by atoms with van der Waals surface area (Å²) < 4.78 is 16.5. The number of ether oxygens (including phenoxy) is 3. The number of rotatable bonds is 7. The van der Waals surface area contributed by atoms with Crippen molar-refractivity contribution in [2.24, 2.45) is 0 Å². The van der Waals surface area contributed by atoms with Gasteiger partial charge in [0.1, 0.15) is 17.2 Å². The Balaban J connectivity index is 1.77. The molecular formula is C26H24N2O5. The maximum absolute atomic E-state index is 13.0. The average molecular weight is 444 g/mol. The zero-order chi connectivity index (χ0) is 23.2. The summed E-state index contributed by atoms with van der Waals surface area (Å²) in [7, 11) is 1.57. The van der Waals surface area contributed by atoms with E-state index in [0.29, 0.717) is 39.6 Å². The molecule has 1 aliphatic heterocycles. The van der Waals surface area contributed by atoms with E-state index in [0.717, 1.165) is 0 Å². The minimum atomic E-state index is -0.728. The predicted octanol–water partition coefficient (Wildman–Crippen LogP) is 4.82. The summed E-state index contributed by atoms with van der Waals surface area (Å²) in [5.74, 6) is 1.42. The molecule has 4 rings (SSSR count). The molecule has 0 fully saturated rings. The first kappa shape index (κ1) is 22.0. The molecule has 2 amide bonds. The van der Waals surface area contributed by atoms with Gasteiger partial charge in [0, 0.05) is 0 Å². The molecule has 0 saturated heterocycles. The van der Waals surface area contributed by atoms with Crippen LogP contribution < -0.4 is 20.1 Å². The Morgan fingerprint density at radius 2 is 1.64 bits per heavy atom. The Morgan fingerprint density at radius 3 is 2.33 bits per heavy atom. The van der Waals surface area contributed by atoms with Crippen molar-refractivity contribution in [3.8, 4) is 17.2 Å². The number of urea groups is 1. The van der Waals surface area contributed by atoms with Crippen LogP contribution in [0.2, 0.25) is 0 Å². The van der Waals surface area contributed by atoms with Gasteiger partial charge >= 0.3 is 12.0 Å². The smallest absolute Gasteiger partial charge is 0.338 e. The molecule has 0 saturated carbocycles. The van der Waals surface area contributed by atoms with Gasteiger partial charge in [0.05, 0.1) is 31.0 Å². The van der Waals surface area contributed by atoms with Crippen molar-refractivity contribution in [2.45, 2.75) is 13.0 Å². The quantitative estimate of drug-likeness (QED) is 0.511. The predicted molar refractivity (Wildman–Crippen MR) is 124 cm³/mol. The average Bonchev–Trinajstić information content (AvgIpc) is 2.84. The second kappa shape index (κ2) is 9.91. The highest BCUT2D eigenvalue weighted by Crippen LogP contribution is 2.34. The lowest BCUT2D eigenvalue weighted by atomic mass is 9.92. The zero-order valence-corrected chi connectivity index (χ0v) is 18.3. The minimum Gasteiger partial charge on any atom is -0.497 e.